The largest absolute Gasteiger partial charge is 0.219 e. The van der Waals surface area contributed by atoms with Gasteiger partial charge in [0.15, 0.2) is 0 Å². The second-order valence-electron chi connectivity index (χ2n) is 6.19. The van der Waals surface area contributed by atoms with E-state index in [0.29, 0.717) is 12.1 Å². The SMILES string of the molecule is CC(C)N1C(C[Si](C)(C)C)N1C(C)C. The van der Waals surface area contributed by atoms with E-state index in [1.807, 2.05) is 0 Å². The molecule has 0 spiro atoms. The van der Waals surface area contributed by atoms with Gasteiger partial charge in [-0.15, -0.1) is 0 Å². The summed E-state index contributed by atoms with van der Waals surface area (Å²) in [7, 11) is -0.916. The third-order valence-electron chi connectivity index (χ3n) is 2.68. The minimum atomic E-state index is -0.916. The van der Waals surface area contributed by atoms with Crippen LogP contribution in [0.15, 0.2) is 0 Å². The fraction of sp³-hybridized carbons (Fsp3) is 1.00. The van der Waals surface area contributed by atoms with Crippen molar-refractivity contribution in [3.05, 3.63) is 0 Å². The molecule has 1 saturated heterocycles. The molecule has 0 aromatic rings. The van der Waals surface area contributed by atoms with Gasteiger partial charge in [-0.1, -0.05) is 19.6 Å². The minimum absolute atomic E-state index is 0.666. The lowest BCUT2D eigenvalue weighted by Crippen LogP contribution is -2.25. The zero-order chi connectivity index (χ0) is 11.1. The van der Waals surface area contributed by atoms with E-state index in [-0.39, 0.29) is 0 Å². The van der Waals surface area contributed by atoms with Crippen molar-refractivity contribution in [2.45, 2.75) is 71.6 Å². The summed E-state index contributed by atoms with van der Waals surface area (Å²) in [5, 5.41) is 5.09. The number of hydrogen-bond donors (Lipinski definition) is 0. The second-order valence-corrected chi connectivity index (χ2v) is 11.7. The topological polar surface area (TPSA) is 6.02 Å². The summed E-state index contributed by atoms with van der Waals surface area (Å²) in [4.78, 5) is 0. The molecule has 0 aromatic carbocycles. The maximum Gasteiger partial charge on any atom is 0.0877 e. The van der Waals surface area contributed by atoms with Crippen LogP contribution in [0.2, 0.25) is 25.7 Å². The molecule has 2 unspecified atom stereocenters. The fourth-order valence-corrected chi connectivity index (χ4v) is 3.67. The highest BCUT2D eigenvalue weighted by Gasteiger charge is 2.49. The standard InChI is InChI=1S/C11H26N2Si/c1-9(2)12-11(8-14(5,6)7)13(12)10(3)4/h9-11H,8H2,1-7H3. The van der Waals surface area contributed by atoms with Gasteiger partial charge in [0.1, 0.15) is 0 Å². The average Bonchev–Trinajstić information content (AvgIpc) is 2.57. The quantitative estimate of drug-likeness (QED) is 0.524. The molecule has 2 nitrogen and oxygen atoms in total. The molecule has 1 fully saturated rings. The van der Waals surface area contributed by atoms with Crippen molar-refractivity contribution >= 4 is 8.07 Å². The first-order valence-corrected chi connectivity index (χ1v) is 9.51. The predicted octanol–water partition coefficient (Wildman–Crippen LogP) is 3.00. The van der Waals surface area contributed by atoms with Gasteiger partial charge in [0.05, 0.1) is 6.17 Å². The Morgan fingerprint density at radius 1 is 0.929 bits per heavy atom. The molecule has 0 N–H and O–H groups in total. The van der Waals surface area contributed by atoms with E-state index in [4.69, 9.17) is 0 Å². The van der Waals surface area contributed by atoms with E-state index < -0.39 is 8.07 Å². The van der Waals surface area contributed by atoms with E-state index in [0.717, 1.165) is 6.17 Å². The van der Waals surface area contributed by atoms with E-state index in [1.54, 1.807) is 0 Å². The Hall–Kier alpha value is 0.137. The van der Waals surface area contributed by atoms with Crippen LogP contribution in [-0.4, -0.2) is 36.3 Å². The molecule has 0 amide bonds. The van der Waals surface area contributed by atoms with Crippen LogP contribution in [0.4, 0.5) is 0 Å². The van der Waals surface area contributed by atoms with Crippen LogP contribution in [-0.2, 0) is 0 Å². The summed E-state index contributed by atoms with van der Waals surface area (Å²) in [6.07, 6.45) is 0.738. The van der Waals surface area contributed by atoms with Gasteiger partial charge in [-0.05, 0) is 33.7 Å². The molecule has 1 aliphatic heterocycles. The van der Waals surface area contributed by atoms with Gasteiger partial charge in [0.25, 0.3) is 0 Å². The monoisotopic (exact) mass is 214 g/mol. The van der Waals surface area contributed by atoms with E-state index in [2.05, 4.69) is 57.4 Å². The number of hydrogen-bond acceptors (Lipinski definition) is 2. The lowest BCUT2D eigenvalue weighted by molar-refractivity contribution is 0.226. The Bertz CT molecular complexity index is 182. The molecule has 0 aromatic heterocycles. The minimum Gasteiger partial charge on any atom is -0.219 e. The first-order valence-electron chi connectivity index (χ1n) is 5.80. The molecule has 0 radical (unpaired) electrons. The van der Waals surface area contributed by atoms with Crippen LogP contribution >= 0.6 is 0 Å². The van der Waals surface area contributed by atoms with Gasteiger partial charge in [-0.3, -0.25) is 0 Å². The Balaban J connectivity index is 2.55. The molecule has 14 heavy (non-hydrogen) atoms. The Labute approximate surface area is 90.3 Å². The third kappa shape index (κ3) is 2.81. The summed E-state index contributed by atoms with van der Waals surface area (Å²) in [5.41, 5.74) is 0. The van der Waals surface area contributed by atoms with E-state index in [1.165, 1.54) is 6.04 Å². The van der Waals surface area contributed by atoms with E-state index >= 15 is 0 Å². The van der Waals surface area contributed by atoms with Crippen LogP contribution < -0.4 is 0 Å². The molecular formula is C11H26N2Si. The second kappa shape index (κ2) is 3.95. The van der Waals surface area contributed by atoms with Crippen LogP contribution in [0, 0.1) is 0 Å². The van der Waals surface area contributed by atoms with Crippen molar-refractivity contribution in [3.63, 3.8) is 0 Å². The lowest BCUT2D eigenvalue weighted by Gasteiger charge is -2.14. The number of rotatable bonds is 4. The Morgan fingerprint density at radius 2 is 1.29 bits per heavy atom. The van der Waals surface area contributed by atoms with Gasteiger partial charge >= 0.3 is 0 Å². The lowest BCUT2D eigenvalue weighted by atomic mass is 10.4. The molecule has 1 heterocycles. The zero-order valence-corrected chi connectivity index (χ0v) is 11.8. The molecule has 2 atom stereocenters. The molecule has 3 heteroatoms. The van der Waals surface area contributed by atoms with Crippen LogP contribution in [0.5, 0.6) is 0 Å². The maximum atomic E-state index is 2.54. The summed E-state index contributed by atoms with van der Waals surface area (Å²) in [5.74, 6) is 0. The van der Waals surface area contributed by atoms with Crippen molar-refractivity contribution < 1.29 is 0 Å². The summed E-state index contributed by atoms with van der Waals surface area (Å²) in [6.45, 7) is 16.5. The first-order chi connectivity index (χ1) is 6.24. The van der Waals surface area contributed by atoms with Gasteiger partial charge in [-0.2, -0.15) is 0 Å². The van der Waals surface area contributed by atoms with Crippen molar-refractivity contribution in [2.75, 3.05) is 0 Å². The van der Waals surface area contributed by atoms with Gasteiger partial charge in [0.2, 0.25) is 0 Å². The molecule has 0 aliphatic carbocycles. The average molecular weight is 214 g/mol. The maximum absolute atomic E-state index is 2.54. The smallest absolute Gasteiger partial charge is 0.0877 e. The normalized spacial score (nSPS) is 32.8. The van der Waals surface area contributed by atoms with Gasteiger partial charge in [0, 0.05) is 20.2 Å². The number of nitrogens with zero attached hydrogens (tertiary/aromatic N) is 2. The third-order valence-corrected chi connectivity index (χ3v) is 4.27. The first kappa shape index (κ1) is 12.2. The predicted molar refractivity (Wildman–Crippen MR) is 65.9 cm³/mol. The fourth-order valence-electron chi connectivity index (χ4n) is 2.20. The van der Waals surface area contributed by atoms with Crippen molar-refractivity contribution in [1.82, 2.24) is 10.0 Å². The molecular weight excluding hydrogens is 188 g/mol. The highest BCUT2D eigenvalue weighted by molar-refractivity contribution is 6.76. The van der Waals surface area contributed by atoms with Gasteiger partial charge < -0.3 is 0 Å². The summed E-state index contributed by atoms with van der Waals surface area (Å²) < 4.78 is 0. The highest BCUT2D eigenvalue weighted by Crippen LogP contribution is 2.37. The number of hydrazine groups is 1. The van der Waals surface area contributed by atoms with Crippen molar-refractivity contribution in [3.8, 4) is 0 Å². The zero-order valence-electron chi connectivity index (χ0n) is 10.8. The van der Waals surface area contributed by atoms with Crippen LogP contribution in [0.25, 0.3) is 0 Å². The molecule has 0 bridgehead atoms. The van der Waals surface area contributed by atoms with Crippen LogP contribution in [0.1, 0.15) is 27.7 Å². The Morgan fingerprint density at radius 3 is 1.50 bits per heavy atom. The van der Waals surface area contributed by atoms with Crippen LogP contribution in [0.3, 0.4) is 0 Å². The van der Waals surface area contributed by atoms with E-state index in [9.17, 15) is 0 Å². The highest BCUT2D eigenvalue weighted by atomic mass is 28.3. The van der Waals surface area contributed by atoms with Crippen molar-refractivity contribution in [2.24, 2.45) is 0 Å². The summed E-state index contributed by atoms with van der Waals surface area (Å²) in [6, 6.07) is 2.74. The van der Waals surface area contributed by atoms with Crippen molar-refractivity contribution in [1.29, 1.82) is 0 Å². The Kier molecular flexibility index (Phi) is 3.44. The molecule has 1 aliphatic rings. The molecule has 1 rings (SSSR count). The molecule has 84 valence electrons. The summed E-state index contributed by atoms with van der Waals surface area (Å²) >= 11 is 0. The molecule has 0 saturated carbocycles. The van der Waals surface area contributed by atoms with Gasteiger partial charge in [-0.25, -0.2) is 10.0 Å².